The van der Waals surface area contributed by atoms with Crippen LogP contribution >= 0.6 is 0 Å². The van der Waals surface area contributed by atoms with Crippen LogP contribution in [0.4, 0.5) is 10.2 Å². The van der Waals surface area contributed by atoms with Crippen molar-refractivity contribution in [1.29, 1.82) is 0 Å². The van der Waals surface area contributed by atoms with Gasteiger partial charge in [-0.15, -0.1) is 0 Å². The molecule has 1 aliphatic rings. The zero-order chi connectivity index (χ0) is 14.3. The zero-order valence-corrected chi connectivity index (χ0v) is 11.1. The van der Waals surface area contributed by atoms with Gasteiger partial charge in [0.05, 0.1) is 24.6 Å². The molecule has 1 aliphatic carbocycles. The lowest BCUT2D eigenvalue weighted by molar-refractivity contribution is 0.101. The number of hydrogen-bond acceptors (Lipinski definition) is 4. The first-order valence-electron chi connectivity index (χ1n) is 6.57. The molecule has 0 atom stereocenters. The number of aromatic nitrogens is 2. The summed E-state index contributed by atoms with van der Waals surface area (Å²) in [4.78, 5) is 20.6. The van der Waals surface area contributed by atoms with E-state index in [9.17, 15) is 9.18 Å². The van der Waals surface area contributed by atoms with E-state index in [0.717, 1.165) is 18.5 Å². The Kier molecular flexibility index (Phi) is 3.16. The monoisotopic (exact) mass is 269 g/mol. The highest BCUT2D eigenvalue weighted by Gasteiger charge is 2.23. The number of fused-ring (bicyclic) bond motifs is 1. The van der Waals surface area contributed by atoms with E-state index in [0.29, 0.717) is 17.4 Å². The third kappa shape index (κ3) is 2.26. The summed E-state index contributed by atoms with van der Waals surface area (Å²) in [6, 6.07) is 3.16. The number of nitrogens with zero attached hydrogens (tertiary/aromatic N) is 2. The van der Waals surface area contributed by atoms with Gasteiger partial charge in [-0.2, -0.15) is 0 Å². The normalized spacial score (nSPS) is 14.5. The number of halogens is 1. The van der Waals surface area contributed by atoms with Crippen molar-refractivity contribution >= 4 is 30.5 Å². The number of anilines is 1. The standard InChI is InChI=1S/C14H13BFN3O/c1-7-14(18-8-2-3-8)19-13-10(17-7)5-4-9(16)12(13)11(20)6-15/h4-5,8H,2-3,6H2,1H3,(H,18,19). The summed E-state index contributed by atoms with van der Waals surface area (Å²) < 4.78 is 13.9. The second kappa shape index (κ2) is 4.85. The summed E-state index contributed by atoms with van der Waals surface area (Å²) in [7, 11) is 5.34. The van der Waals surface area contributed by atoms with Crippen LogP contribution < -0.4 is 5.32 Å². The van der Waals surface area contributed by atoms with Crippen LogP contribution in [-0.2, 0) is 0 Å². The minimum Gasteiger partial charge on any atom is -0.366 e. The Morgan fingerprint density at radius 2 is 2.20 bits per heavy atom. The summed E-state index contributed by atoms with van der Waals surface area (Å²) >= 11 is 0. The predicted octanol–water partition coefficient (Wildman–Crippen LogP) is 2.42. The van der Waals surface area contributed by atoms with Crippen LogP contribution in [0, 0.1) is 12.7 Å². The maximum Gasteiger partial charge on any atom is 0.159 e. The molecule has 1 aromatic carbocycles. The topological polar surface area (TPSA) is 54.9 Å². The molecule has 0 aliphatic heterocycles. The van der Waals surface area contributed by atoms with E-state index in [4.69, 9.17) is 7.85 Å². The van der Waals surface area contributed by atoms with Crippen LogP contribution in [0.1, 0.15) is 28.9 Å². The average Bonchev–Trinajstić information content (AvgIpc) is 3.23. The SMILES string of the molecule is [B]CC(=O)c1c(F)ccc2nc(C)c(NC3CC3)nc12. The largest absolute Gasteiger partial charge is 0.366 e. The number of ketones is 1. The molecule has 0 amide bonds. The quantitative estimate of drug-likeness (QED) is 0.684. The van der Waals surface area contributed by atoms with Crippen molar-refractivity contribution in [2.24, 2.45) is 0 Å². The molecule has 0 spiro atoms. The summed E-state index contributed by atoms with van der Waals surface area (Å²) in [5.41, 5.74) is 1.44. The van der Waals surface area contributed by atoms with Gasteiger partial charge in [0.15, 0.2) is 5.78 Å². The first-order valence-corrected chi connectivity index (χ1v) is 6.57. The van der Waals surface area contributed by atoms with Crippen molar-refractivity contribution in [3.8, 4) is 0 Å². The number of hydrogen-bond donors (Lipinski definition) is 1. The molecule has 1 aromatic heterocycles. The van der Waals surface area contributed by atoms with Crippen molar-refractivity contribution in [3.63, 3.8) is 0 Å². The van der Waals surface area contributed by atoms with Gasteiger partial charge >= 0.3 is 0 Å². The Labute approximate surface area is 117 Å². The second-order valence-corrected chi connectivity index (χ2v) is 4.99. The first-order chi connectivity index (χ1) is 9.60. The Bertz CT molecular complexity index is 700. The van der Waals surface area contributed by atoms with E-state index < -0.39 is 11.6 Å². The molecule has 100 valence electrons. The fraction of sp³-hybridized carbons (Fsp3) is 0.357. The van der Waals surface area contributed by atoms with E-state index in [1.54, 1.807) is 0 Å². The molecule has 0 unspecified atom stereocenters. The van der Waals surface area contributed by atoms with E-state index in [1.165, 1.54) is 12.1 Å². The first kappa shape index (κ1) is 13.0. The minimum absolute atomic E-state index is 0.0728. The summed E-state index contributed by atoms with van der Waals surface area (Å²) in [5.74, 6) is -0.469. The van der Waals surface area contributed by atoms with Crippen LogP contribution in [-0.4, -0.2) is 29.6 Å². The van der Waals surface area contributed by atoms with Crippen molar-refractivity contribution in [3.05, 3.63) is 29.2 Å². The number of aryl methyl sites for hydroxylation is 1. The van der Waals surface area contributed by atoms with Gasteiger partial charge in [0.2, 0.25) is 0 Å². The van der Waals surface area contributed by atoms with Crippen LogP contribution in [0.3, 0.4) is 0 Å². The predicted molar refractivity (Wildman–Crippen MR) is 75.8 cm³/mol. The molecule has 3 rings (SSSR count). The van der Waals surface area contributed by atoms with E-state index in [-0.39, 0.29) is 17.4 Å². The lowest BCUT2D eigenvalue weighted by atomic mass is 9.94. The van der Waals surface area contributed by atoms with Crippen LogP contribution in [0.25, 0.3) is 11.0 Å². The Morgan fingerprint density at radius 3 is 2.85 bits per heavy atom. The molecule has 2 aromatic rings. The van der Waals surface area contributed by atoms with Gasteiger partial charge < -0.3 is 5.32 Å². The Morgan fingerprint density at radius 1 is 1.45 bits per heavy atom. The summed E-state index contributed by atoms with van der Waals surface area (Å²) in [6.07, 6.45) is 1.94. The van der Waals surface area contributed by atoms with Gasteiger partial charge in [-0.1, -0.05) is 0 Å². The third-order valence-corrected chi connectivity index (χ3v) is 3.34. The number of rotatable bonds is 4. The van der Waals surface area contributed by atoms with Gasteiger partial charge in [0, 0.05) is 6.04 Å². The lowest BCUT2D eigenvalue weighted by Crippen LogP contribution is -2.09. The van der Waals surface area contributed by atoms with E-state index >= 15 is 0 Å². The molecule has 20 heavy (non-hydrogen) atoms. The Balaban J connectivity index is 2.20. The molecular formula is C14H13BFN3O. The van der Waals surface area contributed by atoms with Crippen LogP contribution in [0.2, 0.25) is 6.32 Å². The highest BCUT2D eigenvalue weighted by Crippen LogP contribution is 2.28. The fourth-order valence-electron chi connectivity index (χ4n) is 2.11. The molecule has 1 fully saturated rings. The molecular weight excluding hydrogens is 256 g/mol. The van der Waals surface area contributed by atoms with Gasteiger partial charge in [-0.25, -0.2) is 14.4 Å². The van der Waals surface area contributed by atoms with Gasteiger partial charge in [0.1, 0.15) is 17.2 Å². The van der Waals surface area contributed by atoms with Crippen molar-refractivity contribution < 1.29 is 9.18 Å². The number of benzene rings is 1. The molecule has 0 bridgehead atoms. The van der Waals surface area contributed by atoms with E-state index in [2.05, 4.69) is 15.3 Å². The highest BCUT2D eigenvalue weighted by atomic mass is 19.1. The summed E-state index contributed by atoms with van der Waals surface area (Å²) in [5, 5.41) is 3.24. The van der Waals surface area contributed by atoms with Gasteiger partial charge in [0.25, 0.3) is 0 Å². The van der Waals surface area contributed by atoms with Crippen molar-refractivity contribution in [2.75, 3.05) is 5.32 Å². The smallest absolute Gasteiger partial charge is 0.159 e. The molecule has 1 N–H and O–H groups in total. The maximum atomic E-state index is 13.9. The molecule has 4 nitrogen and oxygen atoms in total. The van der Waals surface area contributed by atoms with Crippen LogP contribution in [0.5, 0.6) is 0 Å². The third-order valence-electron chi connectivity index (χ3n) is 3.34. The molecule has 2 radical (unpaired) electrons. The number of nitrogens with one attached hydrogen (secondary N) is 1. The van der Waals surface area contributed by atoms with Crippen molar-refractivity contribution in [2.45, 2.75) is 32.1 Å². The molecule has 1 saturated carbocycles. The highest BCUT2D eigenvalue weighted by molar-refractivity contribution is 6.26. The van der Waals surface area contributed by atoms with Crippen LogP contribution in [0.15, 0.2) is 12.1 Å². The van der Waals surface area contributed by atoms with Gasteiger partial charge in [-0.3, -0.25) is 4.79 Å². The number of Topliss-reactive ketones (excluding diaryl/α,β-unsaturated/α-hetero) is 1. The van der Waals surface area contributed by atoms with E-state index in [1.807, 2.05) is 6.92 Å². The number of carbonyl (C=O) groups is 1. The second-order valence-electron chi connectivity index (χ2n) is 4.99. The maximum absolute atomic E-state index is 13.9. The lowest BCUT2D eigenvalue weighted by Gasteiger charge is -2.11. The summed E-state index contributed by atoms with van der Waals surface area (Å²) in [6.45, 7) is 1.84. The minimum atomic E-state index is -0.608. The molecule has 1 heterocycles. The fourth-order valence-corrected chi connectivity index (χ4v) is 2.11. The average molecular weight is 269 g/mol. The number of carbonyl (C=O) groups excluding carboxylic acids is 1. The molecule has 6 heteroatoms. The van der Waals surface area contributed by atoms with Gasteiger partial charge in [-0.05, 0) is 38.2 Å². The Hall–Kier alpha value is -1.98. The zero-order valence-electron chi connectivity index (χ0n) is 11.1. The molecule has 0 saturated heterocycles. The van der Waals surface area contributed by atoms with Crippen molar-refractivity contribution in [1.82, 2.24) is 9.97 Å².